The number of hydrogen-bond donors (Lipinski definition) is 4. The molecule has 0 aliphatic heterocycles. The number of benzene rings is 4. The highest BCUT2D eigenvalue weighted by atomic mass is 16.3. The highest BCUT2D eigenvalue weighted by Gasteiger charge is 2.41. The van der Waals surface area contributed by atoms with Crippen LogP contribution >= 0.6 is 0 Å². The number of aromatic hydroxyl groups is 4. The van der Waals surface area contributed by atoms with Crippen LogP contribution in [0.3, 0.4) is 0 Å². The standard InChI is InChI=1S/2C20H24O2/c1-14-11-15(2)13-20(12-14,16-3-7-18(21)8-4-16)17-5-9-19(22)10-6-17;1-14-11-12-20(13-15(14)2,16-3-7-18(21)8-4-16)17-5-9-19(22)10-6-17/h2*3-10,14-15,21-22H,11-13H2,1-2H3. The van der Waals surface area contributed by atoms with E-state index in [1.54, 1.807) is 48.5 Å². The third-order valence-electron chi connectivity index (χ3n) is 10.5. The van der Waals surface area contributed by atoms with E-state index in [0.29, 0.717) is 40.8 Å². The van der Waals surface area contributed by atoms with Gasteiger partial charge in [0.2, 0.25) is 0 Å². The van der Waals surface area contributed by atoms with Crippen LogP contribution in [0.15, 0.2) is 97.1 Å². The van der Waals surface area contributed by atoms with E-state index in [2.05, 4.69) is 27.7 Å². The van der Waals surface area contributed by atoms with E-state index in [0.717, 1.165) is 31.6 Å². The molecule has 0 amide bonds. The zero-order valence-corrected chi connectivity index (χ0v) is 26.6. The van der Waals surface area contributed by atoms with Gasteiger partial charge in [-0.05, 0) is 133 Å². The van der Waals surface area contributed by atoms with Gasteiger partial charge in [-0.15, -0.1) is 0 Å². The molecule has 0 radical (unpaired) electrons. The summed E-state index contributed by atoms with van der Waals surface area (Å²) in [5.74, 6) is 3.93. The van der Waals surface area contributed by atoms with E-state index in [1.165, 1.54) is 35.1 Å². The molecule has 4 aromatic carbocycles. The Morgan fingerprint density at radius 2 is 0.750 bits per heavy atom. The third-order valence-corrected chi connectivity index (χ3v) is 10.5. The summed E-state index contributed by atoms with van der Waals surface area (Å²) in [6.45, 7) is 9.32. The SMILES string of the molecule is CC1CC(C)CC(c2ccc(O)cc2)(c2ccc(O)cc2)C1.CC1CCC(c2ccc(O)cc2)(c2ccc(O)cc2)CC1C. The van der Waals surface area contributed by atoms with Crippen LogP contribution < -0.4 is 0 Å². The van der Waals surface area contributed by atoms with Gasteiger partial charge in [0.25, 0.3) is 0 Å². The summed E-state index contributed by atoms with van der Waals surface area (Å²) in [4.78, 5) is 0. The fourth-order valence-electron chi connectivity index (χ4n) is 8.19. The van der Waals surface area contributed by atoms with Crippen molar-refractivity contribution < 1.29 is 20.4 Å². The topological polar surface area (TPSA) is 80.9 Å². The molecule has 4 heteroatoms. The van der Waals surface area contributed by atoms with Crippen molar-refractivity contribution in [1.29, 1.82) is 0 Å². The molecule has 0 heterocycles. The molecule has 232 valence electrons. The summed E-state index contributed by atoms with van der Waals surface area (Å²) < 4.78 is 0. The molecular formula is C40H48O4. The molecule has 4 N–H and O–H groups in total. The lowest BCUT2D eigenvalue weighted by molar-refractivity contribution is 0.201. The number of phenolic OH excluding ortho intramolecular Hbond substituents is 4. The molecule has 2 aliphatic rings. The molecule has 6 rings (SSSR count). The summed E-state index contributed by atoms with van der Waals surface area (Å²) >= 11 is 0. The maximum Gasteiger partial charge on any atom is 0.115 e. The predicted molar refractivity (Wildman–Crippen MR) is 178 cm³/mol. The lowest BCUT2D eigenvalue weighted by Gasteiger charge is -2.44. The molecule has 4 aromatic rings. The van der Waals surface area contributed by atoms with Crippen molar-refractivity contribution in [1.82, 2.24) is 0 Å². The van der Waals surface area contributed by atoms with Gasteiger partial charge in [0.1, 0.15) is 23.0 Å². The third kappa shape index (κ3) is 6.60. The second-order valence-corrected chi connectivity index (χ2v) is 13.9. The highest BCUT2D eigenvalue weighted by Crippen LogP contribution is 2.50. The first-order chi connectivity index (χ1) is 21.0. The minimum Gasteiger partial charge on any atom is -0.508 e. The molecule has 0 aromatic heterocycles. The zero-order valence-electron chi connectivity index (χ0n) is 26.6. The highest BCUT2D eigenvalue weighted by molar-refractivity contribution is 5.45. The molecule has 0 saturated heterocycles. The molecule has 4 nitrogen and oxygen atoms in total. The van der Waals surface area contributed by atoms with Gasteiger partial charge in [-0.25, -0.2) is 0 Å². The summed E-state index contributed by atoms with van der Waals surface area (Å²) in [5.41, 5.74) is 4.99. The van der Waals surface area contributed by atoms with Crippen LogP contribution in [-0.2, 0) is 10.8 Å². The van der Waals surface area contributed by atoms with E-state index in [1.807, 2.05) is 48.5 Å². The van der Waals surface area contributed by atoms with Gasteiger partial charge in [0.15, 0.2) is 0 Å². The molecule has 4 unspecified atom stereocenters. The number of hydrogen-bond acceptors (Lipinski definition) is 4. The average molecular weight is 593 g/mol. The van der Waals surface area contributed by atoms with Crippen LogP contribution in [0.5, 0.6) is 23.0 Å². The lowest BCUT2D eigenvalue weighted by Crippen LogP contribution is -2.36. The Kier molecular flexibility index (Phi) is 9.29. The molecule has 2 aliphatic carbocycles. The Morgan fingerprint density at radius 1 is 0.432 bits per heavy atom. The molecule has 4 atom stereocenters. The van der Waals surface area contributed by atoms with Crippen molar-refractivity contribution in [3.63, 3.8) is 0 Å². The van der Waals surface area contributed by atoms with Crippen LogP contribution in [0.1, 0.15) is 88.5 Å². The Bertz CT molecular complexity index is 1390. The summed E-state index contributed by atoms with van der Waals surface area (Å²) in [7, 11) is 0. The van der Waals surface area contributed by atoms with Crippen molar-refractivity contribution >= 4 is 0 Å². The average Bonchev–Trinajstić information content (AvgIpc) is 3.00. The van der Waals surface area contributed by atoms with Crippen LogP contribution in [0, 0.1) is 23.7 Å². The Balaban J connectivity index is 0.000000175. The van der Waals surface area contributed by atoms with E-state index >= 15 is 0 Å². The van der Waals surface area contributed by atoms with Gasteiger partial charge in [-0.2, -0.15) is 0 Å². The van der Waals surface area contributed by atoms with Gasteiger partial charge in [-0.1, -0.05) is 76.2 Å². The summed E-state index contributed by atoms with van der Waals surface area (Å²) in [5, 5.41) is 38.4. The van der Waals surface area contributed by atoms with Gasteiger partial charge < -0.3 is 20.4 Å². The minimum absolute atomic E-state index is 0.0205. The van der Waals surface area contributed by atoms with Gasteiger partial charge in [0, 0.05) is 10.8 Å². The molecule has 2 saturated carbocycles. The van der Waals surface area contributed by atoms with Crippen molar-refractivity contribution in [2.75, 3.05) is 0 Å². The number of phenols is 4. The molecule has 0 spiro atoms. The fourth-order valence-corrected chi connectivity index (χ4v) is 8.19. The molecule has 44 heavy (non-hydrogen) atoms. The Morgan fingerprint density at radius 3 is 1.07 bits per heavy atom. The minimum atomic E-state index is -0.0293. The summed E-state index contributed by atoms with van der Waals surface area (Å²) in [6.07, 6.45) is 6.87. The molecule has 2 fully saturated rings. The fraction of sp³-hybridized carbons (Fsp3) is 0.400. The van der Waals surface area contributed by atoms with Crippen molar-refractivity contribution in [3.8, 4) is 23.0 Å². The van der Waals surface area contributed by atoms with E-state index in [4.69, 9.17) is 0 Å². The van der Waals surface area contributed by atoms with E-state index < -0.39 is 0 Å². The van der Waals surface area contributed by atoms with Crippen LogP contribution in [0.25, 0.3) is 0 Å². The lowest BCUT2D eigenvalue weighted by atomic mass is 9.60. The first-order valence-electron chi connectivity index (χ1n) is 16.2. The van der Waals surface area contributed by atoms with Crippen molar-refractivity contribution in [3.05, 3.63) is 119 Å². The van der Waals surface area contributed by atoms with Gasteiger partial charge in [0.05, 0.1) is 0 Å². The van der Waals surface area contributed by atoms with Crippen molar-refractivity contribution in [2.24, 2.45) is 23.7 Å². The molecular weight excluding hydrogens is 544 g/mol. The zero-order chi connectivity index (χ0) is 31.5. The first kappa shape index (κ1) is 31.5. The Labute approximate surface area is 263 Å². The smallest absolute Gasteiger partial charge is 0.115 e. The van der Waals surface area contributed by atoms with Gasteiger partial charge >= 0.3 is 0 Å². The van der Waals surface area contributed by atoms with Crippen LogP contribution in [-0.4, -0.2) is 20.4 Å². The van der Waals surface area contributed by atoms with Crippen molar-refractivity contribution in [2.45, 2.75) is 77.0 Å². The summed E-state index contributed by atoms with van der Waals surface area (Å²) in [6, 6.07) is 30.6. The molecule has 0 bridgehead atoms. The Hall–Kier alpha value is -3.92. The maximum absolute atomic E-state index is 9.62. The first-order valence-corrected chi connectivity index (χ1v) is 16.2. The van der Waals surface area contributed by atoms with E-state index in [-0.39, 0.29) is 10.8 Å². The van der Waals surface area contributed by atoms with Crippen LogP contribution in [0.2, 0.25) is 0 Å². The quantitative estimate of drug-likeness (QED) is 0.190. The van der Waals surface area contributed by atoms with Gasteiger partial charge in [-0.3, -0.25) is 0 Å². The monoisotopic (exact) mass is 592 g/mol. The van der Waals surface area contributed by atoms with E-state index in [9.17, 15) is 20.4 Å². The normalized spacial score (nSPS) is 24.1. The largest absolute Gasteiger partial charge is 0.508 e. The second-order valence-electron chi connectivity index (χ2n) is 13.9. The van der Waals surface area contributed by atoms with Crippen LogP contribution in [0.4, 0.5) is 0 Å². The maximum atomic E-state index is 9.62. The number of rotatable bonds is 4. The predicted octanol–water partition coefficient (Wildman–Crippen LogP) is 9.68. The second kappa shape index (κ2) is 13.0.